The first-order chi connectivity index (χ1) is 5.70. The lowest BCUT2D eigenvalue weighted by molar-refractivity contribution is -0.117. The predicted molar refractivity (Wildman–Crippen MR) is 46.7 cm³/mol. The number of hydrogen-bond acceptors (Lipinski definition) is 2. The van der Waals surface area contributed by atoms with E-state index in [0.717, 1.165) is 5.56 Å². The van der Waals surface area contributed by atoms with Crippen LogP contribution in [0.25, 0.3) is 5.73 Å². The van der Waals surface area contributed by atoms with Gasteiger partial charge in [-0.25, -0.2) is 0 Å². The highest BCUT2D eigenvalue weighted by Gasteiger charge is 2.01. The number of ketones is 1. The Hall–Kier alpha value is -1.22. The maximum absolute atomic E-state index is 10.7. The van der Waals surface area contributed by atoms with E-state index in [4.69, 9.17) is 5.73 Å². The Morgan fingerprint density at radius 3 is 3.00 bits per heavy atom. The summed E-state index contributed by atoms with van der Waals surface area (Å²) < 4.78 is 0. The van der Waals surface area contributed by atoms with E-state index in [1.54, 1.807) is 12.4 Å². The molecular formula is C9H11N2O-. The van der Waals surface area contributed by atoms with Crippen LogP contribution in [0.2, 0.25) is 0 Å². The van der Waals surface area contributed by atoms with E-state index >= 15 is 0 Å². The Balaban J connectivity index is 2.58. The smallest absolute Gasteiger partial charge is 0.112 e. The highest BCUT2D eigenvalue weighted by Crippen LogP contribution is 2.03. The van der Waals surface area contributed by atoms with Crippen LogP contribution in [0.15, 0.2) is 24.5 Å². The molecule has 0 spiro atoms. The molecule has 0 aliphatic carbocycles. The van der Waals surface area contributed by atoms with Crippen molar-refractivity contribution in [1.82, 2.24) is 4.98 Å². The van der Waals surface area contributed by atoms with E-state index in [2.05, 4.69) is 4.98 Å². The molecule has 0 aliphatic rings. The average molecular weight is 163 g/mol. The zero-order valence-corrected chi connectivity index (χ0v) is 6.95. The Morgan fingerprint density at radius 1 is 1.75 bits per heavy atom. The van der Waals surface area contributed by atoms with Crippen molar-refractivity contribution >= 4 is 5.78 Å². The van der Waals surface area contributed by atoms with Crippen molar-refractivity contribution in [2.75, 3.05) is 0 Å². The van der Waals surface area contributed by atoms with E-state index in [1.165, 1.54) is 6.92 Å². The van der Waals surface area contributed by atoms with Crippen LogP contribution in [-0.2, 0) is 11.2 Å². The molecule has 1 N–H and O–H groups in total. The van der Waals surface area contributed by atoms with Gasteiger partial charge in [0.25, 0.3) is 0 Å². The molecule has 0 bridgehead atoms. The van der Waals surface area contributed by atoms with Crippen molar-refractivity contribution in [1.29, 1.82) is 0 Å². The van der Waals surface area contributed by atoms with E-state index < -0.39 is 6.04 Å². The molecule has 0 saturated heterocycles. The summed E-state index contributed by atoms with van der Waals surface area (Å²) in [5.74, 6) is -0.0983. The van der Waals surface area contributed by atoms with Crippen LogP contribution in [0, 0.1) is 0 Å². The Bertz CT molecular complexity index is 258. The summed E-state index contributed by atoms with van der Waals surface area (Å²) in [6, 6.07) is 3.04. The van der Waals surface area contributed by atoms with E-state index in [-0.39, 0.29) is 5.78 Å². The molecule has 1 unspecified atom stereocenters. The van der Waals surface area contributed by atoms with Gasteiger partial charge in [0.05, 0.1) is 0 Å². The first-order valence-electron chi connectivity index (χ1n) is 3.80. The molecule has 0 amide bonds. The highest BCUT2D eigenvalue weighted by atomic mass is 16.1. The number of pyridine rings is 1. The highest BCUT2D eigenvalue weighted by molar-refractivity contribution is 5.83. The molecule has 1 aromatic rings. The summed E-state index contributed by atoms with van der Waals surface area (Å²) >= 11 is 0. The van der Waals surface area contributed by atoms with Crippen molar-refractivity contribution in [2.45, 2.75) is 19.4 Å². The fraction of sp³-hybridized carbons (Fsp3) is 0.333. The van der Waals surface area contributed by atoms with Crippen molar-refractivity contribution < 1.29 is 4.79 Å². The number of Topliss-reactive ketones (excluding diaryl/α,β-unsaturated/α-hetero) is 1. The molecule has 3 nitrogen and oxygen atoms in total. The predicted octanol–water partition coefficient (Wildman–Crippen LogP) is 1.63. The fourth-order valence-electron chi connectivity index (χ4n) is 0.898. The zero-order chi connectivity index (χ0) is 8.97. The second-order valence-electron chi connectivity index (χ2n) is 2.73. The number of hydrogen-bond donors (Lipinski definition) is 0. The summed E-state index contributed by atoms with van der Waals surface area (Å²) in [4.78, 5) is 14.6. The molecule has 0 radical (unpaired) electrons. The second kappa shape index (κ2) is 3.97. The third kappa shape index (κ3) is 2.43. The molecule has 0 aliphatic heterocycles. The van der Waals surface area contributed by atoms with Gasteiger partial charge in [-0.15, -0.1) is 0 Å². The lowest BCUT2D eigenvalue weighted by Gasteiger charge is -2.15. The Labute approximate surface area is 71.6 Å². The standard InChI is InChI=1S/C9H11N2O/c1-7(12)9(10)5-8-3-2-4-11-6-8/h2-4,6,9-10H,5H2,1H3/q-1. The van der Waals surface area contributed by atoms with Crippen LogP contribution in [0.3, 0.4) is 0 Å². The number of carbonyl (C=O) groups is 1. The van der Waals surface area contributed by atoms with Crippen molar-refractivity contribution in [3.8, 4) is 0 Å². The van der Waals surface area contributed by atoms with Crippen LogP contribution in [0.4, 0.5) is 0 Å². The SMILES string of the molecule is CC(=O)C([NH-])Cc1cccnc1. The van der Waals surface area contributed by atoms with Crippen LogP contribution < -0.4 is 0 Å². The largest absolute Gasteiger partial charge is 0.668 e. The lowest BCUT2D eigenvalue weighted by Crippen LogP contribution is -2.15. The van der Waals surface area contributed by atoms with Gasteiger partial charge < -0.3 is 10.5 Å². The molecule has 0 aromatic carbocycles. The van der Waals surface area contributed by atoms with E-state index in [9.17, 15) is 4.79 Å². The van der Waals surface area contributed by atoms with E-state index in [1.807, 2.05) is 12.1 Å². The van der Waals surface area contributed by atoms with Crippen molar-refractivity contribution in [2.24, 2.45) is 0 Å². The van der Waals surface area contributed by atoms with Gasteiger partial charge in [-0.3, -0.25) is 4.98 Å². The quantitative estimate of drug-likeness (QED) is 0.680. The first-order valence-corrected chi connectivity index (χ1v) is 3.80. The summed E-state index contributed by atoms with van der Waals surface area (Å²) in [7, 11) is 0. The maximum atomic E-state index is 10.7. The topological polar surface area (TPSA) is 53.8 Å². The molecule has 3 heteroatoms. The van der Waals surface area contributed by atoms with Crippen molar-refractivity contribution in [3.63, 3.8) is 0 Å². The molecule has 1 rings (SSSR count). The number of nitrogens with one attached hydrogen (secondary N) is 1. The molecular weight excluding hydrogens is 152 g/mol. The minimum atomic E-state index is -0.644. The molecule has 0 fully saturated rings. The lowest BCUT2D eigenvalue weighted by atomic mass is 10.1. The molecule has 64 valence electrons. The minimum absolute atomic E-state index is 0.0983. The Morgan fingerprint density at radius 2 is 2.50 bits per heavy atom. The molecule has 12 heavy (non-hydrogen) atoms. The van der Waals surface area contributed by atoms with Crippen LogP contribution >= 0.6 is 0 Å². The molecule has 0 saturated carbocycles. The number of rotatable bonds is 3. The van der Waals surface area contributed by atoms with Gasteiger partial charge in [-0.05, 0) is 25.0 Å². The summed E-state index contributed by atoms with van der Waals surface area (Å²) in [6.07, 6.45) is 3.82. The maximum Gasteiger partial charge on any atom is 0.112 e. The Kier molecular flexibility index (Phi) is 2.94. The number of aromatic nitrogens is 1. The van der Waals surface area contributed by atoms with E-state index in [0.29, 0.717) is 6.42 Å². The third-order valence-corrected chi connectivity index (χ3v) is 1.65. The van der Waals surface area contributed by atoms with Gasteiger partial charge in [0.1, 0.15) is 5.78 Å². The average Bonchev–Trinajstić information content (AvgIpc) is 2.06. The molecule has 1 aromatic heterocycles. The second-order valence-corrected chi connectivity index (χ2v) is 2.73. The molecule has 1 heterocycles. The monoisotopic (exact) mass is 163 g/mol. The van der Waals surface area contributed by atoms with Gasteiger partial charge in [-0.1, -0.05) is 12.1 Å². The number of carbonyl (C=O) groups excluding carboxylic acids is 1. The third-order valence-electron chi connectivity index (χ3n) is 1.65. The number of nitrogens with zero attached hydrogens (tertiary/aromatic N) is 1. The normalized spacial score (nSPS) is 12.5. The van der Waals surface area contributed by atoms with Crippen LogP contribution in [0.5, 0.6) is 0 Å². The zero-order valence-electron chi connectivity index (χ0n) is 6.95. The van der Waals surface area contributed by atoms with Gasteiger partial charge in [0, 0.05) is 12.4 Å². The summed E-state index contributed by atoms with van der Waals surface area (Å²) in [5.41, 5.74) is 8.32. The van der Waals surface area contributed by atoms with Crippen LogP contribution in [-0.4, -0.2) is 16.8 Å². The first kappa shape index (κ1) is 8.87. The van der Waals surface area contributed by atoms with Crippen molar-refractivity contribution in [3.05, 3.63) is 35.8 Å². The summed E-state index contributed by atoms with van der Waals surface area (Å²) in [5, 5.41) is 0. The van der Waals surface area contributed by atoms with Gasteiger partial charge in [-0.2, -0.15) is 0 Å². The van der Waals surface area contributed by atoms with Gasteiger partial charge >= 0.3 is 0 Å². The molecule has 1 atom stereocenters. The summed E-state index contributed by atoms with van der Waals surface area (Å²) in [6.45, 7) is 1.44. The minimum Gasteiger partial charge on any atom is -0.668 e. The fourth-order valence-corrected chi connectivity index (χ4v) is 0.898. The van der Waals surface area contributed by atoms with Gasteiger partial charge in [0.15, 0.2) is 0 Å². The van der Waals surface area contributed by atoms with Crippen LogP contribution in [0.1, 0.15) is 12.5 Å². The van der Waals surface area contributed by atoms with Gasteiger partial charge in [0.2, 0.25) is 0 Å².